The van der Waals surface area contributed by atoms with E-state index in [1.165, 1.54) is 17.4 Å². The molecule has 1 aliphatic carbocycles. The number of hydrazine groups is 1. The zero-order chi connectivity index (χ0) is 30.6. The second-order valence-electron chi connectivity index (χ2n) is 12.2. The molecule has 3 heterocycles. The average molecular weight is 596 g/mol. The average Bonchev–Trinajstić information content (AvgIpc) is 3.40. The molecule has 3 aromatic rings. The fourth-order valence-electron chi connectivity index (χ4n) is 5.64. The lowest BCUT2D eigenvalue weighted by atomic mass is 9.77. The van der Waals surface area contributed by atoms with Gasteiger partial charge in [-0.1, -0.05) is 13.8 Å². The first-order valence-electron chi connectivity index (χ1n) is 14.0. The van der Waals surface area contributed by atoms with Crippen LogP contribution in [0.3, 0.4) is 0 Å². The molecule has 1 fully saturated rings. The Kier molecular flexibility index (Phi) is 7.86. The molecule has 1 aromatic carbocycles. The third-order valence-electron chi connectivity index (χ3n) is 8.61. The van der Waals surface area contributed by atoms with E-state index in [1.807, 2.05) is 13.8 Å². The first-order valence-corrected chi connectivity index (χ1v) is 14.8. The van der Waals surface area contributed by atoms with E-state index in [2.05, 4.69) is 49.8 Å². The topological polar surface area (TPSA) is 126 Å². The fraction of sp³-hybridized carbons (Fsp3) is 0.467. The SMILES string of the molecule is CC(=Nc1cc(-c2ccc(F)c(NC(=O)c3cc4c(s3)CC(C)(C)C4(C)O)c2C)n[nH]c1=O)NN1CCN(C)CC1C. The van der Waals surface area contributed by atoms with Gasteiger partial charge in [0.2, 0.25) is 0 Å². The molecular weight excluding hydrogens is 557 g/mol. The van der Waals surface area contributed by atoms with Crippen LogP contribution in [-0.4, -0.2) is 69.7 Å². The van der Waals surface area contributed by atoms with Crippen molar-refractivity contribution in [2.75, 3.05) is 32.0 Å². The highest BCUT2D eigenvalue weighted by atomic mass is 32.1. The highest BCUT2D eigenvalue weighted by Crippen LogP contribution is 2.52. The molecule has 2 atom stereocenters. The summed E-state index contributed by atoms with van der Waals surface area (Å²) in [6.45, 7) is 14.0. The van der Waals surface area contributed by atoms with Crippen LogP contribution in [0.2, 0.25) is 0 Å². The Bertz CT molecular complexity index is 1630. The molecule has 42 heavy (non-hydrogen) atoms. The number of likely N-dealkylation sites (N-methyl/N-ethyl adjacent to an activating group) is 1. The van der Waals surface area contributed by atoms with Crippen LogP contribution in [0.4, 0.5) is 15.8 Å². The van der Waals surface area contributed by atoms with Crippen molar-refractivity contribution in [1.82, 2.24) is 25.5 Å². The van der Waals surface area contributed by atoms with Gasteiger partial charge in [-0.05, 0) is 76.6 Å². The molecule has 12 heteroatoms. The Balaban J connectivity index is 1.39. The van der Waals surface area contributed by atoms with Gasteiger partial charge in [-0.25, -0.2) is 19.5 Å². The number of amides is 1. The number of thiophene rings is 1. The number of benzene rings is 1. The Labute approximate surface area is 248 Å². The summed E-state index contributed by atoms with van der Waals surface area (Å²) in [7, 11) is 2.08. The molecule has 4 N–H and O–H groups in total. The second-order valence-corrected chi connectivity index (χ2v) is 13.3. The van der Waals surface area contributed by atoms with Crippen molar-refractivity contribution in [2.24, 2.45) is 10.4 Å². The number of hydrogen-bond acceptors (Lipinski definition) is 8. The summed E-state index contributed by atoms with van der Waals surface area (Å²) < 4.78 is 15.0. The molecule has 0 bridgehead atoms. The van der Waals surface area contributed by atoms with Gasteiger partial charge in [-0.3, -0.25) is 9.59 Å². The largest absolute Gasteiger partial charge is 0.385 e. The van der Waals surface area contributed by atoms with Gasteiger partial charge in [-0.15, -0.1) is 11.3 Å². The molecule has 5 rings (SSSR count). The number of anilines is 1. The highest BCUT2D eigenvalue weighted by Gasteiger charge is 2.49. The number of aliphatic imine (C=N–C) groups is 1. The number of aliphatic hydroxyl groups is 1. The van der Waals surface area contributed by atoms with Crippen LogP contribution in [0.25, 0.3) is 11.3 Å². The van der Waals surface area contributed by atoms with Crippen LogP contribution in [0.1, 0.15) is 60.3 Å². The van der Waals surface area contributed by atoms with Crippen LogP contribution < -0.4 is 16.3 Å². The summed E-state index contributed by atoms with van der Waals surface area (Å²) in [4.78, 5) is 33.9. The maximum absolute atomic E-state index is 15.0. The Morgan fingerprint density at radius 1 is 1.26 bits per heavy atom. The summed E-state index contributed by atoms with van der Waals surface area (Å²) in [6.07, 6.45) is 0.655. The summed E-state index contributed by atoms with van der Waals surface area (Å²) in [5.41, 5.74) is 3.72. The number of rotatable bonds is 5. The summed E-state index contributed by atoms with van der Waals surface area (Å²) in [6, 6.07) is 6.35. The van der Waals surface area contributed by atoms with Gasteiger partial charge in [0.1, 0.15) is 17.3 Å². The van der Waals surface area contributed by atoms with Crippen LogP contribution in [0.15, 0.2) is 34.1 Å². The minimum absolute atomic E-state index is 0.0260. The molecular formula is C30H38FN7O3S. The molecule has 0 radical (unpaired) electrons. The van der Waals surface area contributed by atoms with Gasteiger partial charge in [0.05, 0.1) is 21.9 Å². The van der Waals surface area contributed by atoms with Crippen LogP contribution in [0.5, 0.6) is 0 Å². The van der Waals surface area contributed by atoms with E-state index in [1.54, 1.807) is 39.0 Å². The van der Waals surface area contributed by atoms with Gasteiger partial charge < -0.3 is 20.7 Å². The van der Waals surface area contributed by atoms with Crippen molar-refractivity contribution in [1.29, 1.82) is 0 Å². The first-order chi connectivity index (χ1) is 19.7. The normalized spacial score (nSPS) is 22.7. The molecule has 224 valence electrons. The number of aromatic amines is 1. The zero-order valence-corrected chi connectivity index (χ0v) is 25.9. The van der Waals surface area contributed by atoms with Crippen molar-refractivity contribution in [3.63, 3.8) is 0 Å². The summed E-state index contributed by atoms with van der Waals surface area (Å²) in [5.74, 6) is -0.490. The van der Waals surface area contributed by atoms with Gasteiger partial charge in [0.15, 0.2) is 0 Å². The fourth-order valence-corrected chi connectivity index (χ4v) is 7.03. The molecule has 1 aliphatic heterocycles. The standard InChI is InChI=1S/C30H38FN7O3S/c1-16-15-37(7)10-11-38(16)36-18(3)32-23-13-22(34-35-27(23)39)19-8-9-21(31)26(17(19)2)33-28(40)24-12-20-25(42-24)14-29(4,5)30(20,6)41/h8-9,12-13,16,41H,10-11,14-15H2,1-7H3,(H,33,40)(H,35,39)(H,32,34,36). The maximum atomic E-state index is 15.0. The molecule has 1 amide bonds. The number of carbonyl (C=O) groups excluding carboxylic acids is 1. The van der Waals surface area contributed by atoms with Gasteiger partial charge in [0.25, 0.3) is 11.5 Å². The minimum Gasteiger partial charge on any atom is -0.385 e. The number of aromatic nitrogens is 2. The van der Waals surface area contributed by atoms with Crippen molar-refractivity contribution >= 4 is 34.5 Å². The Morgan fingerprint density at radius 2 is 2.00 bits per heavy atom. The van der Waals surface area contributed by atoms with Crippen molar-refractivity contribution < 1.29 is 14.3 Å². The number of amidine groups is 1. The molecule has 2 aliphatic rings. The predicted octanol–water partition coefficient (Wildman–Crippen LogP) is 4.18. The Hall–Kier alpha value is -3.45. The number of hydrogen-bond donors (Lipinski definition) is 4. The lowest BCUT2D eigenvalue weighted by molar-refractivity contribution is -0.0420. The van der Waals surface area contributed by atoms with Crippen LogP contribution in [-0.2, 0) is 12.0 Å². The van der Waals surface area contributed by atoms with E-state index in [-0.39, 0.29) is 22.8 Å². The monoisotopic (exact) mass is 595 g/mol. The van der Waals surface area contributed by atoms with E-state index in [0.29, 0.717) is 34.0 Å². The van der Waals surface area contributed by atoms with Gasteiger partial charge >= 0.3 is 0 Å². The van der Waals surface area contributed by atoms with E-state index in [4.69, 9.17) is 0 Å². The third kappa shape index (κ3) is 5.51. The molecule has 2 unspecified atom stereocenters. The molecule has 1 saturated heterocycles. The lowest BCUT2D eigenvalue weighted by Crippen LogP contribution is -2.57. The quantitative estimate of drug-likeness (QED) is 0.258. The van der Waals surface area contributed by atoms with E-state index >= 15 is 4.39 Å². The summed E-state index contributed by atoms with van der Waals surface area (Å²) >= 11 is 1.31. The second kappa shape index (κ2) is 11.0. The number of halogens is 1. The van der Waals surface area contributed by atoms with Crippen molar-refractivity contribution in [3.05, 3.63) is 61.3 Å². The molecule has 10 nitrogen and oxygen atoms in total. The maximum Gasteiger partial charge on any atom is 0.290 e. The third-order valence-corrected chi connectivity index (χ3v) is 9.75. The number of fused-ring (bicyclic) bond motifs is 1. The van der Waals surface area contributed by atoms with Gasteiger partial charge in [0, 0.05) is 41.5 Å². The van der Waals surface area contributed by atoms with Gasteiger partial charge in [-0.2, -0.15) is 5.10 Å². The highest BCUT2D eigenvalue weighted by molar-refractivity contribution is 7.14. The number of nitrogens with zero attached hydrogens (tertiary/aromatic N) is 4. The van der Waals surface area contributed by atoms with Crippen molar-refractivity contribution in [3.8, 4) is 11.3 Å². The first kappa shape index (κ1) is 30.0. The smallest absolute Gasteiger partial charge is 0.290 e. The number of nitrogens with one attached hydrogen (secondary N) is 3. The lowest BCUT2D eigenvalue weighted by Gasteiger charge is -2.38. The van der Waals surface area contributed by atoms with Crippen LogP contribution in [0, 0.1) is 18.2 Å². The molecule has 2 aromatic heterocycles. The number of H-pyrrole nitrogens is 1. The van der Waals surface area contributed by atoms with Crippen molar-refractivity contribution in [2.45, 2.75) is 59.6 Å². The zero-order valence-electron chi connectivity index (χ0n) is 25.1. The predicted molar refractivity (Wildman–Crippen MR) is 164 cm³/mol. The molecule has 0 spiro atoms. The minimum atomic E-state index is -1.06. The number of carbonyl (C=O) groups is 1. The number of piperazine rings is 1. The molecule has 0 saturated carbocycles. The van der Waals surface area contributed by atoms with E-state index in [9.17, 15) is 14.7 Å². The summed E-state index contributed by atoms with van der Waals surface area (Å²) in [5, 5.41) is 22.6. The Morgan fingerprint density at radius 3 is 2.69 bits per heavy atom. The van der Waals surface area contributed by atoms with Crippen LogP contribution >= 0.6 is 11.3 Å². The van der Waals surface area contributed by atoms with E-state index in [0.717, 1.165) is 30.1 Å². The van der Waals surface area contributed by atoms with E-state index < -0.39 is 22.9 Å².